The van der Waals surface area contributed by atoms with Gasteiger partial charge in [-0.2, -0.15) is 0 Å². The van der Waals surface area contributed by atoms with Gasteiger partial charge in [-0.05, 0) is 18.4 Å². The number of rotatable bonds is 4. The van der Waals surface area contributed by atoms with E-state index in [0.29, 0.717) is 5.56 Å². The van der Waals surface area contributed by atoms with Gasteiger partial charge in [0.25, 0.3) is 0 Å². The maximum Gasteiger partial charge on any atom is 0.186 e. The molecule has 0 unspecified atom stereocenters. The number of aryl methyl sites for hydroxylation is 2. The molecule has 3 nitrogen and oxygen atoms in total. The van der Waals surface area contributed by atoms with E-state index in [2.05, 4.69) is 4.98 Å². The molecule has 4 heteroatoms. The predicted molar refractivity (Wildman–Crippen MR) is 73.7 cm³/mol. The lowest BCUT2D eigenvalue weighted by Crippen LogP contribution is -1.93. The zero-order valence-corrected chi connectivity index (χ0v) is 11.1. The Morgan fingerprint density at radius 3 is 2.67 bits per heavy atom. The summed E-state index contributed by atoms with van der Waals surface area (Å²) in [6.07, 6.45) is 5.18. The van der Waals surface area contributed by atoms with Crippen LogP contribution in [0.25, 0.3) is 0 Å². The summed E-state index contributed by atoms with van der Waals surface area (Å²) in [5.41, 5.74) is 1.86. The van der Waals surface area contributed by atoms with E-state index < -0.39 is 0 Å². The van der Waals surface area contributed by atoms with E-state index in [1.165, 1.54) is 11.8 Å². The Morgan fingerprint density at radius 2 is 2.06 bits per heavy atom. The van der Waals surface area contributed by atoms with Crippen LogP contribution in [0.1, 0.15) is 15.9 Å². The highest BCUT2D eigenvalue weighted by Gasteiger charge is 2.01. The van der Waals surface area contributed by atoms with E-state index in [1.54, 1.807) is 17.7 Å². The Hall–Kier alpha value is -1.81. The molecule has 1 heterocycles. The van der Waals surface area contributed by atoms with Crippen LogP contribution in [0, 0.1) is 6.92 Å². The molecule has 0 aliphatic heterocycles. The number of carbonyl (C=O) groups is 1. The van der Waals surface area contributed by atoms with E-state index in [-0.39, 0.29) is 5.78 Å². The smallest absolute Gasteiger partial charge is 0.186 e. The molecule has 0 aliphatic carbocycles. The fourth-order valence-electron chi connectivity index (χ4n) is 1.44. The van der Waals surface area contributed by atoms with Gasteiger partial charge in [-0.15, -0.1) is 0 Å². The second kappa shape index (κ2) is 5.69. The van der Waals surface area contributed by atoms with Crippen molar-refractivity contribution in [3.8, 4) is 0 Å². The maximum atomic E-state index is 11.8. The van der Waals surface area contributed by atoms with Crippen LogP contribution >= 0.6 is 11.8 Å². The van der Waals surface area contributed by atoms with Crippen molar-refractivity contribution >= 4 is 17.5 Å². The minimum Gasteiger partial charge on any atom is -0.329 e. The molecule has 18 heavy (non-hydrogen) atoms. The third-order valence-corrected chi connectivity index (χ3v) is 3.38. The van der Waals surface area contributed by atoms with Crippen LogP contribution in [0.5, 0.6) is 0 Å². The molecule has 0 aliphatic rings. The SMILES string of the molecule is Cc1ccc(C(=O)C=CSc2nccn2C)cc1. The first-order valence-electron chi connectivity index (χ1n) is 5.58. The van der Waals surface area contributed by atoms with Crippen LogP contribution < -0.4 is 0 Å². The first kappa shape index (κ1) is 12.6. The normalized spacial score (nSPS) is 11.0. The molecule has 92 valence electrons. The number of aromatic nitrogens is 2. The van der Waals surface area contributed by atoms with Crippen LogP contribution in [0.4, 0.5) is 0 Å². The highest BCUT2D eigenvalue weighted by atomic mass is 32.2. The lowest BCUT2D eigenvalue weighted by molar-refractivity contribution is 0.104. The molecule has 2 aromatic rings. The van der Waals surface area contributed by atoms with Gasteiger partial charge < -0.3 is 4.57 Å². The first-order valence-corrected chi connectivity index (χ1v) is 6.46. The van der Waals surface area contributed by atoms with Gasteiger partial charge in [-0.1, -0.05) is 41.6 Å². The topological polar surface area (TPSA) is 34.9 Å². The largest absolute Gasteiger partial charge is 0.329 e. The van der Waals surface area contributed by atoms with E-state index >= 15 is 0 Å². The molecule has 0 bridgehead atoms. The van der Waals surface area contributed by atoms with Crippen molar-refractivity contribution in [2.24, 2.45) is 7.05 Å². The summed E-state index contributed by atoms with van der Waals surface area (Å²) < 4.78 is 1.91. The molecule has 2 rings (SSSR count). The molecule has 0 atom stereocenters. The van der Waals surface area contributed by atoms with Gasteiger partial charge in [0, 0.05) is 25.0 Å². The number of ketones is 1. The summed E-state index contributed by atoms with van der Waals surface area (Å²) in [5.74, 6) is 0.0108. The van der Waals surface area contributed by atoms with Gasteiger partial charge in [0.1, 0.15) is 0 Å². The van der Waals surface area contributed by atoms with Crippen LogP contribution in [-0.2, 0) is 7.05 Å². The van der Waals surface area contributed by atoms with E-state index in [4.69, 9.17) is 0 Å². The van der Waals surface area contributed by atoms with Gasteiger partial charge in [-0.25, -0.2) is 4.98 Å². The second-order valence-corrected chi connectivity index (χ2v) is 4.84. The number of benzene rings is 1. The first-order chi connectivity index (χ1) is 8.66. The number of allylic oxidation sites excluding steroid dienone is 1. The lowest BCUT2D eigenvalue weighted by Gasteiger charge is -1.97. The summed E-state index contributed by atoms with van der Waals surface area (Å²) >= 11 is 1.43. The molecule has 0 N–H and O–H groups in total. The van der Waals surface area contributed by atoms with Crippen LogP contribution in [0.15, 0.2) is 53.3 Å². The van der Waals surface area contributed by atoms with Crippen LogP contribution in [0.2, 0.25) is 0 Å². The van der Waals surface area contributed by atoms with Crippen molar-refractivity contribution in [1.29, 1.82) is 0 Å². The van der Waals surface area contributed by atoms with E-state index in [9.17, 15) is 4.79 Å². The third kappa shape index (κ3) is 3.11. The van der Waals surface area contributed by atoms with Crippen molar-refractivity contribution in [3.05, 3.63) is 59.3 Å². The Labute approximate surface area is 111 Å². The number of thioether (sulfide) groups is 1. The zero-order chi connectivity index (χ0) is 13.0. The Bertz CT molecular complexity index is 570. The molecule has 0 saturated carbocycles. The molecular weight excluding hydrogens is 244 g/mol. The molecule has 0 radical (unpaired) electrons. The molecular formula is C14H14N2OS. The van der Waals surface area contributed by atoms with Crippen molar-refractivity contribution in [1.82, 2.24) is 9.55 Å². The summed E-state index contributed by atoms with van der Waals surface area (Å²) in [6, 6.07) is 7.56. The summed E-state index contributed by atoms with van der Waals surface area (Å²) in [4.78, 5) is 16.0. The summed E-state index contributed by atoms with van der Waals surface area (Å²) in [5, 5.41) is 2.63. The minimum atomic E-state index is 0.0108. The number of hydrogen-bond donors (Lipinski definition) is 0. The fourth-order valence-corrected chi connectivity index (χ4v) is 2.10. The summed E-state index contributed by atoms with van der Waals surface area (Å²) in [7, 11) is 1.92. The van der Waals surface area contributed by atoms with Gasteiger partial charge >= 0.3 is 0 Å². The Balaban J connectivity index is 1.99. The number of imidazole rings is 1. The van der Waals surface area contributed by atoms with Gasteiger partial charge in [0.2, 0.25) is 0 Å². The highest BCUT2D eigenvalue weighted by Crippen LogP contribution is 2.16. The predicted octanol–water partition coefficient (Wildman–Crippen LogP) is 3.22. The van der Waals surface area contributed by atoms with Gasteiger partial charge in [0.15, 0.2) is 10.9 Å². The van der Waals surface area contributed by atoms with Crippen molar-refractivity contribution in [2.45, 2.75) is 12.1 Å². The molecule has 0 amide bonds. The average molecular weight is 258 g/mol. The van der Waals surface area contributed by atoms with Gasteiger partial charge in [-0.3, -0.25) is 4.79 Å². The molecule has 0 saturated heterocycles. The Morgan fingerprint density at radius 1 is 1.33 bits per heavy atom. The second-order valence-electron chi connectivity index (χ2n) is 3.97. The van der Waals surface area contributed by atoms with Crippen molar-refractivity contribution in [2.75, 3.05) is 0 Å². The fraction of sp³-hybridized carbons (Fsp3) is 0.143. The molecule has 0 spiro atoms. The van der Waals surface area contributed by atoms with Crippen molar-refractivity contribution in [3.63, 3.8) is 0 Å². The lowest BCUT2D eigenvalue weighted by atomic mass is 10.1. The third-order valence-electron chi connectivity index (χ3n) is 2.51. The summed E-state index contributed by atoms with van der Waals surface area (Å²) in [6.45, 7) is 2.00. The molecule has 1 aromatic carbocycles. The number of carbonyl (C=O) groups excluding carboxylic acids is 1. The standard InChI is InChI=1S/C14H14N2OS/c1-11-3-5-12(6-4-11)13(17)7-10-18-14-15-8-9-16(14)2/h3-10H,1-2H3. The van der Waals surface area contributed by atoms with Crippen LogP contribution in [0.3, 0.4) is 0 Å². The molecule has 0 fully saturated rings. The highest BCUT2D eigenvalue weighted by molar-refractivity contribution is 8.02. The zero-order valence-electron chi connectivity index (χ0n) is 10.3. The van der Waals surface area contributed by atoms with E-state index in [1.807, 2.05) is 49.0 Å². The number of nitrogens with zero attached hydrogens (tertiary/aromatic N) is 2. The van der Waals surface area contributed by atoms with Crippen molar-refractivity contribution < 1.29 is 4.79 Å². The molecule has 1 aromatic heterocycles. The van der Waals surface area contributed by atoms with E-state index in [0.717, 1.165) is 10.7 Å². The van der Waals surface area contributed by atoms with Crippen LogP contribution in [-0.4, -0.2) is 15.3 Å². The average Bonchev–Trinajstić information content (AvgIpc) is 2.76. The number of hydrogen-bond acceptors (Lipinski definition) is 3. The monoisotopic (exact) mass is 258 g/mol. The van der Waals surface area contributed by atoms with Gasteiger partial charge in [0.05, 0.1) is 0 Å². The minimum absolute atomic E-state index is 0.0108. The quantitative estimate of drug-likeness (QED) is 0.480. The Kier molecular flexibility index (Phi) is 3.99. The maximum absolute atomic E-state index is 11.8.